The molecule has 1 saturated heterocycles. The molecule has 2 aliphatic rings. The Morgan fingerprint density at radius 1 is 1.30 bits per heavy atom. The lowest BCUT2D eigenvalue weighted by molar-refractivity contribution is -0.135. The number of carbonyl (C=O) groups excluding carboxylic acids is 1. The van der Waals surface area contributed by atoms with E-state index in [1.165, 1.54) is 19.3 Å². The van der Waals surface area contributed by atoms with Crippen molar-refractivity contribution >= 4 is 28.7 Å². The van der Waals surface area contributed by atoms with E-state index in [0.29, 0.717) is 6.10 Å². The lowest BCUT2D eigenvalue weighted by atomic mass is 9.79. The van der Waals surface area contributed by atoms with Gasteiger partial charge in [-0.05, 0) is 58.8 Å². The summed E-state index contributed by atoms with van der Waals surface area (Å²) < 4.78 is 13.1. The molecule has 1 aliphatic heterocycles. The third-order valence-corrected chi connectivity index (χ3v) is 6.44. The molecule has 0 spiro atoms. The predicted octanol–water partition coefficient (Wildman–Crippen LogP) is 4.79. The molecule has 0 aromatic heterocycles. The first-order valence-corrected chi connectivity index (χ1v) is 10.5. The van der Waals surface area contributed by atoms with Crippen LogP contribution in [0.4, 0.5) is 4.79 Å². The third-order valence-electron chi connectivity index (χ3n) is 5.05. The van der Waals surface area contributed by atoms with Gasteiger partial charge in [0.2, 0.25) is 0 Å². The maximum atomic E-state index is 12.2. The maximum Gasteiger partial charge on any atom is 0.410 e. The largest absolute Gasteiger partial charge is 0.444 e. The molecule has 0 aromatic rings. The Morgan fingerprint density at radius 3 is 2.30 bits per heavy atom. The van der Waals surface area contributed by atoms with Crippen molar-refractivity contribution in [2.75, 3.05) is 17.5 Å². The molecule has 2 rings (SSSR count). The maximum absolute atomic E-state index is 12.2. The fourth-order valence-electron chi connectivity index (χ4n) is 3.35. The van der Waals surface area contributed by atoms with Gasteiger partial charge in [0.15, 0.2) is 0 Å². The zero-order valence-corrected chi connectivity index (χ0v) is 17.2. The number of hydrogen-bond donors (Lipinski definition) is 0. The molecule has 134 valence electrons. The molecule has 4 nitrogen and oxygen atoms in total. The highest BCUT2D eigenvalue weighted by Crippen LogP contribution is 2.38. The second-order valence-electron chi connectivity index (χ2n) is 8.04. The lowest BCUT2D eigenvalue weighted by Crippen LogP contribution is -2.52. The number of alkyl halides is 1. The minimum Gasteiger partial charge on any atom is -0.444 e. The molecule has 5 heteroatoms. The van der Waals surface area contributed by atoms with Crippen LogP contribution >= 0.6 is 22.6 Å². The van der Waals surface area contributed by atoms with Crippen LogP contribution in [0.25, 0.3) is 0 Å². The van der Waals surface area contributed by atoms with Crippen molar-refractivity contribution in [1.29, 1.82) is 0 Å². The summed E-state index contributed by atoms with van der Waals surface area (Å²) in [4.78, 5) is 14.1. The van der Waals surface area contributed by atoms with Crippen LogP contribution in [-0.2, 0) is 9.47 Å². The molecular weight excluding hydrogens is 405 g/mol. The summed E-state index contributed by atoms with van der Waals surface area (Å²) in [5.41, 5.74) is -0.488. The zero-order chi connectivity index (χ0) is 17.1. The van der Waals surface area contributed by atoms with Crippen LogP contribution in [-0.4, -0.2) is 45.8 Å². The SMILES string of the molecule is CCC(OC1(CI)CCN(C(=O)OC(C)(C)C)CC1)C1CCC1. The summed E-state index contributed by atoms with van der Waals surface area (Å²) in [7, 11) is 0. The Kier molecular flexibility index (Phi) is 6.62. The second-order valence-corrected chi connectivity index (χ2v) is 8.80. The lowest BCUT2D eigenvalue weighted by Gasteiger charge is -2.45. The molecule has 0 N–H and O–H groups in total. The van der Waals surface area contributed by atoms with Gasteiger partial charge in [0.1, 0.15) is 5.60 Å². The fourth-order valence-corrected chi connectivity index (χ4v) is 4.29. The molecule has 1 saturated carbocycles. The van der Waals surface area contributed by atoms with Crippen LogP contribution < -0.4 is 0 Å². The molecule has 1 atom stereocenters. The van der Waals surface area contributed by atoms with Gasteiger partial charge in [-0.2, -0.15) is 0 Å². The van der Waals surface area contributed by atoms with Crippen LogP contribution in [0, 0.1) is 5.92 Å². The summed E-state index contributed by atoms with van der Waals surface area (Å²) >= 11 is 2.45. The number of piperidine rings is 1. The first-order chi connectivity index (χ1) is 10.8. The van der Waals surface area contributed by atoms with Crippen LogP contribution in [0.3, 0.4) is 0 Å². The Labute approximate surface area is 154 Å². The summed E-state index contributed by atoms with van der Waals surface area (Å²) in [5, 5.41) is 0. The van der Waals surface area contributed by atoms with Gasteiger partial charge < -0.3 is 14.4 Å². The Hall–Kier alpha value is -0.0400. The van der Waals surface area contributed by atoms with Gasteiger partial charge in [-0.1, -0.05) is 35.9 Å². The predicted molar refractivity (Wildman–Crippen MR) is 101 cm³/mol. The molecule has 1 unspecified atom stereocenters. The van der Waals surface area contributed by atoms with Crippen LogP contribution in [0.5, 0.6) is 0 Å². The van der Waals surface area contributed by atoms with Gasteiger partial charge in [-0.25, -0.2) is 4.79 Å². The number of rotatable bonds is 5. The number of ether oxygens (including phenoxy) is 2. The van der Waals surface area contributed by atoms with Crippen LogP contribution in [0.2, 0.25) is 0 Å². The number of halogens is 1. The minimum atomic E-state index is -0.428. The second kappa shape index (κ2) is 7.89. The highest BCUT2D eigenvalue weighted by Gasteiger charge is 2.40. The first-order valence-electron chi connectivity index (χ1n) is 9.00. The van der Waals surface area contributed by atoms with E-state index >= 15 is 0 Å². The van der Waals surface area contributed by atoms with Crippen molar-refractivity contribution in [3.63, 3.8) is 0 Å². The molecule has 0 bridgehead atoms. The molecule has 23 heavy (non-hydrogen) atoms. The highest BCUT2D eigenvalue weighted by molar-refractivity contribution is 14.1. The van der Waals surface area contributed by atoms with E-state index in [9.17, 15) is 4.79 Å². The summed E-state index contributed by atoms with van der Waals surface area (Å²) in [6.45, 7) is 9.45. The van der Waals surface area contributed by atoms with E-state index < -0.39 is 5.60 Å². The van der Waals surface area contributed by atoms with Crippen molar-refractivity contribution in [2.24, 2.45) is 5.92 Å². The quantitative estimate of drug-likeness (QED) is 0.459. The average molecular weight is 437 g/mol. The van der Waals surface area contributed by atoms with Crippen molar-refractivity contribution < 1.29 is 14.3 Å². The number of carbonyl (C=O) groups is 1. The monoisotopic (exact) mass is 437 g/mol. The van der Waals surface area contributed by atoms with Gasteiger partial charge in [0.25, 0.3) is 0 Å². The van der Waals surface area contributed by atoms with E-state index in [0.717, 1.165) is 42.7 Å². The summed E-state index contributed by atoms with van der Waals surface area (Å²) in [6, 6.07) is 0. The zero-order valence-electron chi connectivity index (χ0n) is 15.1. The average Bonchev–Trinajstić information content (AvgIpc) is 2.43. The van der Waals surface area contributed by atoms with Gasteiger partial charge in [-0.15, -0.1) is 0 Å². The summed E-state index contributed by atoms with van der Waals surface area (Å²) in [6.07, 6.45) is 7.13. The van der Waals surface area contributed by atoms with Gasteiger partial charge in [-0.3, -0.25) is 0 Å². The van der Waals surface area contributed by atoms with Crippen molar-refractivity contribution in [1.82, 2.24) is 4.90 Å². The fraction of sp³-hybridized carbons (Fsp3) is 0.944. The molecule has 2 fully saturated rings. The van der Waals surface area contributed by atoms with Gasteiger partial charge in [0, 0.05) is 17.5 Å². The number of hydrogen-bond acceptors (Lipinski definition) is 3. The van der Waals surface area contributed by atoms with E-state index in [2.05, 4.69) is 29.5 Å². The number of likely N-dealkylation sites (tertiary alicyclic amines) is 1. The van der Waals surface area contributed by atoms with E-state index in [-0.39, 0.29) is 11.7 Å². The normalized spacial score (nSPS) is 23.3. The molecule has 1 heterocycles. The van der Waals surface area contributed by atoms with Crippen LogP contribution in [0.15, 0.2) is 0 Å². The number of nitrogens with zero attached hydrogens (tertiary/aromatic N) is 1. The van der Waals surface area contributed by atoms with Gasteiger partial charge in [0.05, 0.1) is 11.7 Å². The van der Waals surface area contributed by atoms with Crippen LogP contribution in [0.1, 0.15) is 66.2 Å². The van der Waals surface area contributed by atoms with E-state index in [4.69, 9.17) is 9.47 Å². The Balaban J connectivity index is 1.89. The Morgan fingerprint density at radius 2 is 1.91 bits per heavy atom. The Bertz CT molecular complexity index is 396. The summed E-state index contributed by atoms with van der Waals surface area (Å²) in [5.74, 6) is 0.753. The van der Waals surface area contributed by atoms with Crippen molar-refractivity contribution in [2.45, 2.75) is 83.5 Å². The standard InChI is InChI=1S/C18H32INO3/c1-5-15(14-7-6-8-14)22-18(13-19)9-11-20(12-10-18)16(21)23-17(2,3)4/h14-15H,5-13H2,1-4H3. The molecule has 0 aromatic carbocycles. The number of amides is 1. The molecule has 1 amide bonds. The highest BCUT2D eigenvalue weighted by atomic mass is 127. The molecule has 1 aliphatic carbocycles. The molecule has 0 radical (unpaired) electrons. The smallest absolute Gasteiger partial charge is 0.410 e. The van der Waals surface area contributed by atoms with Crippen molar-refractivity contribution in [3.8, 4) is 0 Å². The topological polar surface area (TPSA) is 38.8 Å². The van der Waals surface area contributed by atoms with Crippen molar-refractivity contribution in [3.05, 3.63) is 0 Å². The van der Waals surface area contributed by atoms with Gasteiger partial charge >= 0.3 is 6.09 Å². The third kappa shape index (κ3) is 5.21. The van der Waals surface area contributed by atoms with E-state index in [1.54, 1.807) is 0 Å². The van der Waals surface area contributed by atoms with E-state index in [1.807, 2.05) is 25.7 Å². The first kappa shape index (κ1) is 19.3. The molecular formula is C18H32INO3. The minimum absolute atomic E-state index is 0.0602.